The maximum absolute atomic E-state index is 13.6. The molecule has 2 amide bonds. The maximum atomic E-state index is 13.6. The fourth-order valence-corrected chi connectivity index (χ4v) is 4.97. The highest BCUT2D eigenvalue weighted by Gasteiger charge is 2.29. The molecule has 7 nitrogen and oxygen atoms in total. The van der Waals surface area contributed by atoms with Crippen LogP contribution >= 0.6 is 23.4 Å². The van der Waals surface area contributed by atoms with Gasteiger partial charge >= 0.3 is 0 Å². The van der Waals surface area contributed by atoms with Gasteiger partial charge in [0.1, 0.15) is 16.8 Å². The first-order valence-electron chi connectivity index (χ1n) is 11.6. The molecule has 3 rings (SSSR count). The maximum Gasteiger partial charge on any atom is 0.254 e. The van der Waals surface area contributed by atoms with Gasteiger partial charge in [-0.15, -0.1) is 0 Å². The molecule has 0 spiro atoms. The monoisotopic (exact) mass is 507 g/mol. The second kappa shape index (κ2) is 12.4. The zero-order valence-corrected chi connectivity index (χ0v) is 21.4. The fraction of sp³-hybridized carbons (Fsp3) is 0.500. The Kier molecular flexibility index (Phi) is 9.53. The van der Waals surface area contributed by atoms with Crippen molar-refractivity contribution in [2.24, 2.45) is 0 Å². The van der Waals surface area contributed by atoms with E-state index in [0.717, 1.165) is 25.9 Å². The molecule has 0 saturated carbocycles. The van der Waals surface area contributed by atoms with E-state index in [1.807, 2.05) is 11.8 Å². The molecule has 2 heterocycles. The smallest absolute Gasteiger partial charge is 0.254 e. The number of anilines is 1. The van der Waals surface area contributed by atoms with Gasteiger partial charge in [-0.05, 0) is 38.0 Å². The Morgan fingerprint density at radius 3 is 2.56 bits per heavy atom. The molecule has 0 radical (unpaired) electrons. The van der Waals surface area contributed by atoms with Crippen molar-refractivity contribution in [1.29, 1.82) is 0 Å². The standard InChI is InChI=1S/C24H31ClFN5O2S/c1-4-9-29(10-5-2)22(32)16-34-24-27-20(25)14-21(28-24)30-11-12-31(17(3)15-30)23(33)18-7-6-8-19(26)13-18/h6-8,13-14,17H,4-5,9-12,15-16H2,1-3H3. The topological polar surface area (TPSA) is 69.6 Å². The average molecular weight is 508 g/mol. The quantitative estimate of drug-likeness (QED) is 0.285. The van der Waals surface area contributed by atoms with Crippen LogP contribution in [0, 0.1) is 5.82 Å². The van der Waals surface area contributed by atoms with Crippen LogP contribution in [0.5, 0.6) is 0 Å². The van der Waals surface area contributed by atoms with Crippen LogP contribution in [0.25, 0.3) is 0 Å². The van der Waals surface area contributed by atoms with Gasteiger partial charge in [-0.2, -0.15) is 0 Å². The molecule has 1 aliphatic heterocycles. The number of aromatic nitrogens is 2. The zero-order valence-electron chi connectivity index (χ0n) is 19.8. The minimum Gasteiger partial charge on any atom is -0.353 e. The Balaban J connectivity index is 1.64. The average Bonchev–Trinajstić information content (AvgIpc) is 2.81. The van der Waals surface area contributed by atoms with E-state index in [9.17, 15) is 14.0 Å². The number of nitrogens with zero attached hydrogens (tertiary/aromatic N) is 5. The van der Waals surface area contributed by atoms with Crippen LogP contribution in [-0.4, -0.2) is 76.1 Å². The highest BCUT2D eigenvalue weighted by molar-refractivity contribution is 7.99. The van der Waals surface area contributed by atoms with Crippen LogP contribution in [0.4, 0.5) is 10.2 Å². The van der Waals surface area contributed by atoms with Gasteiger partial charge in [-0.1, -0.05) is 43.3 Å². The molecule has 1 aliphatic rings. The number of halogens is 2. The van der Waals surface area contributed by atoms with E-state index < -0.39 is 5.82 Å². The van der Waals surface area contributed by atoms with Gasteiger partial charge in [-0.3, -0.25) is 9.59 Å². The third kappa shape index (κ3) is 6.82. The molecular formula is C24H31ClFN5O2S. The lowest BCUT2D eigenvalue weighted by atomic mass is 10.1. The summed E-state index contributed by atoms with van der Waals surface area (Å²) in [6, 6.07) is 7.35. The first kappa shape index (κ1) is 26.2. The number of carbonyl (C=O) groups is 2. The highest BCUT2D eigenvalue weighted by atomic mass is 35.5. The van der Waals surface area contributed by atoms with Crippen LogP contribution < -0.4 is 4.90 Å². The summed E-state index contributed by atoms with van der Waals surface area (Å²) < 4.78 is 13.6. The van der Waals surface area contributed by atoms with Crippen LogP contribution in [0.1, 0.15) is 44.0 Å². The van der Waals surface area contributed by atoms with Gasteiger partial charge in [0, 0.05) is 50.4 Å². The number of carbonyl (C=O) groups excluding carboxylic acids is 2. The predicted octanol–water partition coefficient (Wildman–Crippen LogP) is 4.36. The minimum atomic E-state index is -0.427. The molecule has 1 aromatic heterocycles. The van der Waals surface area contributed by atoms with Crippen LogP contribution in [0.2, 0.25) is 5.15 Å². The van der Waals surface area contributed by atoms with E-state index in [4.69, 9.17) is 11.6 Å². The van der Waals surface area contributed by atoms with Gasteiger partial charge < -0.3 is 14.7 Å². The van der Waals surface area contributed by atoms with E-state index in [-0.39, 0.29) is 23.6 Å². The number of amides is 2. The Morgan fingerprint density at radius 2 is 1.91 bits per heavy atom. The third-order valence-corrected chi connectivity index (χ3v) is 6.63. The first-order valence-corrected chi connectivity index (χ1v) is 12.9. The number of benzene rings is 1. The van der Waals surface area contributed by atoms with Crippen molar-refractivity contribution < 1.29 is 14.0 Å². The lowest BCUT2D eigenvalue weighted by Crippen LogP contribution is -2.54. The summed E-state index contributed by atoms with van der Waals surface area (Å²) in [5.41, 5.74) is 0.342. The van der Waals surface area contributed by atoms with Crippen molar-refractivity contribution in [3.05, 3.63) is 46.9 Å². The van der Waals surface area contributed by atoms with E-state index in [2.05, 4.69) is 28.7 Å². The molecule has 0 N–H and O–H groups in total. The van der Waals surface area contributed by atoms with Crippen LogP contribution in [-0.2, 0) is 4.79 Å². The summed E-state index contributed by atoms with van der Waals surface area (Å²) in [5.74, 6) is 0.372. The van der Waals surface area contributed by atoms with E-state index in [1.165, 1.54) is 23.9 Å². The van der Waals surface area contributed by atoms with Crippen LogP contribution in [0.3, 0.4) is 0 Å². The SMILES string of the molecule is CCCN(CCC)C(=O)CSc1nc(Cl)cc(N2CCN(C(=O)c3cccc(F)c3)C(C)C2)n1. The molecule has 1 saturated heterocycles. The zero-order chi connectivity index (χ0) is 24.7. The molecule has 10 heteroatoms. The summed E-state index contributed by atoms with van der Waals surface area (Å²) in [5, 5.41) is 0.763. The van der Waals surface area contributed by atoms with Gasteiger partial charge in [0.2, 0.25) is 5.91 Å². The fourth-order valence-electron chi connectivity index (χ4n) is 3.99. The van der Waals surface area contributed by atoms with E-state index >= 15 is 0 Å². The summed E-state index contributed by atoms with van der Waals surface area (Å²) in [4.78, 5) is 40.0. The predicted molar refractivity (Wildman–Crippen MR) is 134 cm³/mol. The van der Waals surface area contributed by atoms with Crippen molar-refractivity contribution in [2.45, 2.75) is 44.8 Å². The molecule has 1 unspecified atom stereocenters. The normalized spacial score (nSPS) is 16.0. The second-order valence-electron chi connectivity index (χ2n) is 8.30. The highest BCUT2D eigenvalue weighted by Crippen LogP contribution is 2.25. The number of hydrogen-bond donors (Lipinski definition) is 0. The molecule has 0 aliphatic carbocycles. The summed E-state index contributed by atoms with van der Waals surface area (Å²) in [6.07, 6.45) is 1.83. The lowest BCUT2D eigenvalue weighted by Gasteiger charge is -2.40. The lowest BCUT2D eigenvalue weighted by molar-refractivity contribution is -0.128. The minimum absolute atomic E-state index is 0.0666. The van der Waals surface area contributed by atoms with Crippen molar-refractivity contribution in [2.75, 3.05) is 43.4 Å². The van der Waals surface area contributed by atoms with Crippen molar-refractivity contribution in [1.82, 2.24) is 19.8 Å². The molecule has 1 aromatic carbocycles. The van der Waals surface area contributed by atoms with Crippen LogP contribution in [0.15, 0.2) is 35.5 Å². The number of hydrogen-bond acceptors (Lipinski definition) is 6. The second-order valence-corrected chi connectivity index (χ2v) is 9.63. The van der Waals surface area contributed by atoms with Crippen molar-refractivity contribution >= 4 is 41.0 Å². The third-order valence-electron chi connectivity index (χ3n) is 5.61. The Hall–Kier alpha value is -2.39. The number of piperazine rings is 1. The van der Waals surface area contributed by atoms with Gasteiger partial charge in [0.25, 0.3) is 5.91 Å². The Bertz CT molecular complexity index is 1010. The molecule has 1 atom stereocenters. The van der Waals surface area contributed by atoms with E-state index in [0.29, 0.717) is 41.3 Å². The summed E-state index contributed by atoms with van der Waals surface area (Å²) in [6.45, 7) is 9.14. The van der Waals surface area contributed by atoms with Crippen molar-refractivity contribution in [3.8, 4) is 0 Å². The first-order chi connectivity index (χ1) is 16.3. The molecule has 1 fully saturated rings. The molecular weight excluding hydrogens is 477 g/mol. The number of rotatable bonds is 9. The Morgan fingerprint density at radius 1 is 1.18 bits per heavy atom. The molecule has 34 heavy (non-hydrogen) atoms. The molecule has 2 aromatic rings. The summed E-state index contributed by atoms with van der Waals surface area (Å²) >= 11 is 7.55. The largest absolute Gasteiger partial charge is 0.353 e. The van der Waals surface area contributed by atoms with Gasteiger partial charge in [0.15, 0.2) is 5.16 Å². The van der Waals surface area contributed by atoms with Gasteiger partial charge in [0.05, 0.1) is 5.75 Å². The van der Waals surface area contributed by atoms with E-state index in [1.54, 1.807) is 23.1 Å². The Labute approximate surface area is 209 Å². The van der Waals surface area contributed by atoms with Gasteiger partial charge in [-0.25, -0.2) is 14.4 Å². The summed E-state index contributed by atoms with van der Waals surface area (Å²) in [7, 11) is 0. The molecule has 184 valence electrons. The van der Waals surface area contributed by atoms with Crippen molar-refractivity contribution in [3.63, 3.8) is 0 Å². The number of thioether (sulfide) groups is 1. The molecule has 0 bridgehead atoms.